The van der Waals surface area contributed by atoms with Crippen LogP contribution in [0.2, 0.25) is 0 Å². The molecule has 0 saturated carbocycles. The van der Waals surface area contributed by atoms with Gasteiger partial charge in [-0.05, 0) is 101 Å². The minimum Gasteiger partial charge on any atom is -0.480 e. The molecule has 0 radical (unpaired) electrons. The zero-order valence-electron chi connectivity index (χ0n) is 24.4. The topological polar surface area (TPSA) is 161 Å². The average molecular weight is 694 g/mol. The molecule has 4 heterocycles. The Morgan fingerprint density at radius 1 is 0.733 bits per heavy atom. The second-order valence-corrected chi connectivity index (χ2v) is 16.9. The van der Waals surface area contributed by atoms with Crippen LogP contribution >= 0.6 is 22.7 Å². The maximum Gasteiger partial charge on any atom is 0.322 e. The summed E-state index contributed by atoms with van der Waals surface area (Å²) >= 11 is 3.22. The molecule has 2 saturated heterocycles. The van der Waals surface area contributed by atoms with Crippen LogP contribution in [0, 0.1) is 0 Å². The number of nitrogens with zero attached hydrogens (tertiary/aromatic N) is 2. The summed E-state index contributed by atoms with van der Waals surface area (Å²) in [5, 5.41) is 24.1. The quantitative estimate of drug-likeness (QED) is 0.176. The fourth-order valence-electron chi connectivity index (χ4n) is 5.86. The third-order valence-corrected chi connectivity index (χ3v) is 13.5. The number of carbonyl (C=O) groups is 2. The molecular weight excluding hydrogens is 659 g/mol. The van der Waals surface area contributed by atoms with E-state index in [2.05, 4.69) is 0 Å². The van der Waals surface area contributed by atoms with Gasteiger partial charge in [0.15, 0.2) is 0 Å². The fraction of sp³-hybridized carbons (Fsp3) is 0.400. The van der Waals surface area contributed by atoms with Gasteiger partial charge in [0.05, 0.1) is 11.5 Å². The summed E-state index contributed by atoms with van der Waals surface area (Å²) in [6, 6.07) is 13.3. The van der Waals surface area contributed by atoms with E-state index in [0.29, 0.717) is 43.5 Å². The van der Waals surface area contributed by atoms with Gasteiger partial charge in [-0.3, -0.25) is 14.8 Å². The molecule has 6 rings (SSSR count). The van der Waals surface area contributed by atoms with Crippen LogP contribution in [-0.4, -0.2) is 72.8 Å². The van der Waals surface area contributed by atoms with Crippen molar-refractivity contribution in [1.29, 1.82) is 0 Å². The summed E-state index contributed by atoms with van der Waals surface area (Å²) < 4.78 is 55.3. The number of aliphatic carboxylic acids is 1. The summed E-state index contributed by atoms with van der Waals surface area (Å²) in [4.78, 5) is 23.0. The van der Waals surface area contributed by atoms with Crippen molar-refractivity contribution in [2.45, 2.75) is 62.1 Å². The predicted octanol–water partition coefficient (Wildman–Crippen LogP) is 4.76. The lowest BCUT2D eigenvalue weighted by molar-refractivity contribution is -0.142. The molecule has 2 atom stereocenters. The summed E-state index contributed by atoms with van der Waals surface area (Å²) in [5.74, 6) is -2.02. The van der Waals surface area contributed by atoms with Crippen LogP contribution in [0.3, 0.4) is 0 Å². The Morgan fingerprint density at radius 3 is 1.67 bits per heavy atom. The lowest BCUT2D eigenvalue weighted by Gasteiger charge is -2.33. The Bertz CT molecular complexity index is 1890. The number of fused-ring (bicyclic) bond motifs is 2. The molecule has 2 aliphatic heterocycles. The number of carboxylic acids is 1. The highest BCUT2D eigenvalue weighted by Crippen LogP contribution is 2.28. The van der Waals surface area contributed by atoms with Crippen molar-refractivity contribution in [2.75, 3.05) is 13.1 Å². The molecule has 2 aromatic heterocycles. The largest absolute Gasteiger partial charge is 0.480 e. The first-order chi connectivity index (χ1) is 21.5. The van der Waals surface area contributed by atoms with E-state index in [1.165, 1.54) is 4.31 Å². The van der Waals surface area contributed by atoms with Crippen molar-refractivity contribution < 1.29 is 36.7 Å². The van der Waals surface area contributed by atoms with E-state index < -0.39 is 44.0 Å². The summed E-state index contributed by atoms with van der Waals surface area (Å²) in [7, 11) is -7.25. The molecule has 2 aliphatic rings. The van der Waals surface area contributed by atoms with E-state index >= 15 is 0 Å². The monoisotopic (exact) mass is 693 g/mol. The Kier molecular flexibility index (Phi) is 10.6. The van der Waals surface area contributed by atoms with Gasteiger partial charge in [-0.25, -0.2) is 22.3 Å². The molecule has 0 unspecified atom stereocenters. The van der Waals surface area contributed by atoms with Gasteiger partial charge in [0, 0.05) is 22.5 Å². The SMILES string of the molecule is O=C(NO)[C@H]1CCCCN1S(=O)(=O)Cc1ccc2sccc2c1.O=C(O)[C@H]1CCCCN1S(=O)(=O)Cc1ccc2sccc2c1. The maximum atomic E-state index is 12.7. The van der Waals surface area contributed by atoms with Crippen LogP contribution in [0.15, 0.2) is 59.3 Å². The number of hydrogen-bond acceptors (Lipinski definition) is 9. The van der Waals surface area contributed by atoms with Gasteiger partial charge in [0.1, 0.15) is 12.1 Å². The second-order valence-electron chi connectivity index (χ2n) is 11.2. The minimum absolute atomic E-state index is 0.145. The first-order valence-electron chi connectivity index (χ1n) is 14.6. The number of carboxylic acid groups (broad SMARTS) is 1. The first kappa shape index (κ1) is 33.4. The highest BCUT2D eigenvalue weighted by atomic mass is 32.2. The molecule has 0 spiro atoms. The highest BCUT2D eigenvalue weighted by Gasteiger charge is 2.37. The van der Waals surface area contributed by atoms with Crippen LogP contribution in [0.4, 0.5) is 0 Å². The maximum absolute atomic E-state index is 12.7. The number of hydroxylamine groups is 1. The normalized spacial score (nSPS) is 20.0. The number of nitrogens with one attached hydrogen (secondary N) is 1. The van der Waals surface area contributed by atoms with Crippen molar-refractivity contribution in [3.8, 4) is 0 Å². The van der Waals surface area contributed by atoms with Gasteiger partial charge in [-0.15, -0.1) is 22.7 Å². The van der Waals surface area contributed by atoms with Crippen molar-refractivity contribution in [3.63, 3.8) is 0 Å². The number of sulfonamides is 2. The van der Waals surface area contributed by atoms with Gasteiger partial charge in [-0.1, -0.05) is 18.6 Å². The number of thiophene rings is 2. The standard InChI is InChI=1S/C15H18N2O4S2.C15H17NO4S2/c18-15(16-19)13-3-1-2-7-17(13)23(20,21)10-11-4-5-14-12(9-11)6-8-22-14;17-15(18)13-3-1-2-7-16(13)22(19,20)10-11-4-5-14-12(9-11)6-8-21-14/h4-6,8-9,13,19H,1-3,7,10H2,(H,16,18);4-6,8-9,13H,1-3,7,10H2,(H,17,18)/t2*13-/m11/s1. The smallest absolute Gasteiger partial charge is 0.322 e. The zero-order chi connectivity index (χ0) is 32.2. The third-order valence-electron chi connectivity index (χ3n) is 8.05. The molecule has 11 nitrogen and oxygen atoms in total. The molecule has 242 valence electrons. The minimum atomic E-state index is -3.63. The van der Waals surface area contributed by atoms with E-state index in [1.807, 2.05) is 47.2 Å². The number of carbonyl (C=O) groups excluding carboxylic acids is 1. The summed E-state index contributed by atoms with van der Waals surface area (Å²) in [6.07, 6.45) is 3.77. The third kappa shape index (κ3) is 7.91. The van der Waals surface area contributed by atoms with Gasteiger partial charge in [0.25, 0.3) is 5.91 Å². The number of benzene rings is 2. The zero-order valence-corrected chi connectivity index (χ0v) is 27.6. The lowest BCUT2D eigenvalue weighted by Crippen LogP contribution is -2.51. The molecule has 0 bridgehead atoms. The van der Waals surface area contributed by atoms with Crippen LogP contribution in [-0.2, 0) is 41.1 Å². The van der Waals surface area contributed by atoms with Crippen LogP contribution in [0.25, 0.3) is 20.2 Å². The van der Waals surface area contributed by atoms with E-state index in [0.717, 1.165) is 43.7 Å². The molecule has 3 N–H and O–H groups in total. The predicted molar refractivity (Wildman–Crippen MR) is 175 cm³/mol. The van der Waals surface area contributed by atoms with Gasteiger partial charge < -0.3 is 5.11 Å². The Hall–Kier alpha value is -2.92. The molecule has 45 heavy (non-hydrogen) atoms. The summed E-state index contributed by atoms with van der Waals surface area (Å²) in [5.41, 5.74) is 2.97. The molecule has 2 aromatic carbocycles. The van der Waals surface area contributed by atoms with E-state index in [1.54, 1.807) is 40.3 Å². The average Bonchev–Trinajstić information content (AvgIpc) is 3.69. The van der Waals surface area contributed by atoms with E-state index in [-0.39, 0.29) is 11.5 Å². The Balaban J connectivity index is 0.000000178. The molecule has 4 aromatic rings. The number of amides is 1. The number of piperidine rings is 2. The van der Waals surface area contributed by atoms with Crippen molar-refractivity contribution in [2.24, 2.45) is 0 Å². The molecule has 1 amide bonds. The van der Waals surface area contributed by atoms with Crippen LogP contribution in [0.5, 0.6) is 0 Å². The highest BCUT2D eigenvalue weighted by molar-refractivity contribution is 7.88. The van der Waals surface area contributed by atoms with Crippen LogP contribution < -0.4 is 5.48 Å². The fourth-order valence-corrected chi connectivity index (χ4v) is 10.9. The van der Waals surface area contributed by atoms with Crippen molar-refractivity contribution >= 4 is 74.8 Å². The molecule has 0 aliphatic carbocycles. The first-order valence-corrected chi connectivity index (χ1v) is 19.5. The molecule has 2 fully saturated rings. The van der Waals surface area contributed by atoms with E-state index in [9.17, 15) is 31.5 Å². The van der Waals surface area contributed by atoms with Crippen molar-refractivity contribution in [1.82, 2.24) is 14.1 Å². The number of rotatable bonds is 8. The van der Waals surface area contributed by atoms with Gasteiger partial charge in [-0.2, -0.15) is 8.61 Å². The molecule has 15 heteroatoms. The lowest BCUT2D eigenvalue weighted by atomic mass is 10.0. The second kappa shape index (κ2) is 14.2. The van der Waals surface area contributed by atoms with Crippen molar-refractivity contribution in [3.05, 3.63) is 70.4 Å². The molecular formula is C30H35N3O8S4. The Morgan fingerprint density at radius 2 is 1.20 bits per heavy atom. The summed E-state index contributed by atoms with van der Waals surface area (Å²) in [6.45, 7) is 0.598. The van der Waals surface area contributed by atoms with Gasteiger partial charge in [0.2, 0.25) is 20.0 Å². The Labute approximate surface area is 270 Å². The van der Waals surface area contributed by atoms with E-state index in [4.69, 9.17) is 5.21 Å². The number of hydrogen-bond donors (Lipinski definition) is 3. The van der Waals surface area contributed by atoms with Crippen LogP contribution in [0.1, 0.15) is 49.7 Å². The van der Waals surface area contributed by atoms with Gasteiger partial charge >= 0.3 is 5.97 Å².